The summed E-state index contributed by atoms with van der Waals surface area (Å²) in [6, 6.07) is 14.8. The molecule has 4 heterocycles. The van der Waals surface area contributed by atoms with Crippen molar-refractivity contribution in [2.24, 2.45) is 7.05 Å². The van der Waals surface area contributed by atoms with E-state index in [2.05, 4.69) is 26.1 Å². The second-order valence-electron chi connectivity index (χ2n) is 7.60. The molecule has 0 fully saturated rings. The molecule has 5 rings (SSSR count). The van der Waals surface area contributed by atoms with Crippen molar-refractivity contribution in [1.29, 1.82) is 5.26 Å². The molecule has 0 spiro atoms. The number of aromatic nitrogens is 6. The van der Waals surface area contributed by atoms with Gasteiger partial charge in [-0.05, 0) is 30.3 Å². The number of hydrogen-bond acceptors (Lipinski definition) is 8. The fourth-order valence-corrected chi connectivity index (χ4v) is 3.61. The highest BCUT2D eigenvalue weighted by atomic mass is 19.1. The van der Waals surface area contributed by atoms with Crippen LogP contribution in [0.4, 0.5) is 10.3 Å². The summed E-state index contributed by atoms with van der Waals surface area (Å²) in [5.41, 5.74) is 9.09. The van der Waals surface area contributed by atoms with Crippen LogP contribution >= 0.6 is 0 Å². The molecule has 2 N–H and O–H groups in total. The lowest BCUT2D eigenvalue weighted by molar-refractivity contribution is 0.271. The number of anilines is 1. The van der Waals surface area contributed by atoms with Crippen molar-refractivity contribution >= 4 is 11.6 Å². The fraction of sp³-hybridized carbons (Fsp3) is 0.0833. The lowest BCUT2D eigenvalue weighted by Gasteiger charge is -2.12. The minimum atomic E-state index is -0.511. The third-order valence-corrected chi connectivity index (χ3v) is 5.30. The molecule has 1 aromatic carbocycles. The van der Waals surface area contributed by atoms with Crippen LogP contribution in [0.3, 0.4) is 0 Å². The number of hydrogen-bond donors (Lipinski definition) is 1. The van der Waals surface area contributed by atoms with E-state index in [-0.39, 0.29) is 29.8 Å². The quantitative estimate of drug-likeness (QED) is 0.416. The molecular weight excluding hydrogens is 451 g/mol. The van der Waals surface area contributed by atoms with Crippen molar-refractivity contribution in [3.8, 4) is 34.5 Å². The molecule has 0 aliphatic heterocycles. The van der Waals surface area contributed by atoms with Crippen LogP contribution in [-0.2, 0) is 13.7 Å². The fourth-order valence-electron chi connectivity index (χ4n) is 3.61. The highest BCUT2D eigenvalue weighted by Crippen LogP contribution is 2.35. The molecule has 0 unspecified atom stereocenters. The standard InChI is InChI=1S/C24H17FN8O2/c1-32-12-16(7-8-19(32)34)20-21(15-5-2-4-14(10-15)11-26)29-23(27)33-22(20)30-24(31-33)35-13-18-17(25)6-3-9-28-18/h2-10,12H,13H2,1H3,(H2,27,29). The number of rotatable bonds is 5. The molecule has 0 aliphatic rings. The molecule has 5 aromatic rings. The van der Waals surface area contributed by atoms with Crippen LogP contribution in [0, 0.1) is 17.1 Å². The van der Waals surface area contributed by atoms with Crippen molar-refractivity contribution in [2.75, 3.05) is 5.73 Å². The van der Waals surface area contributed by atoms with E-state index in [9.17, 15) is 14.4 Å². The third-order valence-electron chi connectivity index (χ3n) is 5.30. The van der Waals surface area contributed by atoms with Gasteiger partial charge in [-0.2, -0.15) is 14.8 Å². The lowest BCUT2D eigenvalue weighted by atomic mass is 10.00. The van der Waals surface area contributed by atoms with Crippen molar-refractivity contribution in [3.63, 3.8) is 0 Å². The van der Waals surface area contributed by atoms with Crippen LogP contribution in [0.15, 0.2) is 65.7 Å². The first kappa shape index (κ1) is 21.7. The predicted octanol–water partition coefficient (Wildman–Crippen LogP) is 2.72. The van der Waals surface area contributed by atoms with Gasteiger partial charge in [0.05, 0.1) is 22.9 Å². The molecule has 0 bridgehead atoms. The average molecular weight is 468 g/mol. The number of nitrogen functional groups attached to an aromatic ring is 1. The number of nitriles is 1. The Kier molecular flexibility index (Phi) is 5.39. The molecule has 0 aliphatic carbocycles. The summed E-state index contributed by atoms with van der Waals surface area (Å²) in [5, 5.41) is 13.6. The molecule has 35 heavy (non-hydrogen) atoms. The average Bonchev–Trinajstić information content (AvgIpc) is 3.30. The number of nitrogens with zero attached hydrogens (tertiary/aromatic N) is 7. The molecule has 172 valence electrons. The van der Waals surface area contributed by atoms with Crippen LogP contribution in [0.25, 0.3) is 28.0 Å². The monoisotopic (exact) mass is 468 g/mol. The number of pyridine rings is 2. The Hall–Kier alpha value is -5.11. The molecule has 10 nitrogen and oxygen atoms in total. The number of benzene rings is 1. The van der Waals surface area contributed by atoms with Crippen LogP contribution in [0.2, 0.25) is 0 Å². The van der Waals surface area contributed by atoms with E-state index >= 15 is 0 Å². The zero-order valence-electron chi connectivity index (χ0n) is 18.4. The normalized spacial score (nSPS) is 10.9. The van der Waals surface area contributed by atoms with Crippen molar-refractivity contribution in [2.45, 2.75) is 6.61 Å². The maximum absolute atomic E-state index is 14.0. The van der Waals surface area contributed by atoms with Gasteiger partial charge in [0.2, 0.25) is 11.5 Å². The first-order valence-corrected chi connectivity index (χ1v) is 10.4. The van der Waals surface area contributed by atoms with Gasteiger partial charge in [0.25, 0.3) is 0 Å². The van der Waals surface area contributed by atoms with E-state index in [0.717, 1.165) is 0 Å². The van der Waals surface area contributed by atoms with Gasteiger partial charge in [-0.15, -0.1) is 5.10 Å². The van der Waals surface area contributed by atoms with Gasteiger partial charge in [0.1, 0.15) is 18.1 Å². The highest BCUT2D eigenvalue weighted by molar-refractivity contribution is 5.90. The zero-order chi connectivity index (χ0) is 24.5. The minimum absolute atomic E-state index is 0.0253. The van der Waals surface area contributed by atoms with Crippen LogP contribution in [0.1, 0.15) is 11.3 Å². The summed E-state index contributed by atoms with van der Waals surface area (Å²) in [6.07, 6.45) is 3.10. The molecule has 0 atom stereocenters. The summed E-state index contributed by atoms with van der Waals surface area (Å²) < 4.78 is 22.3. The van der Waals surface area contributed by atoms with Gasteiger partial charge < -0.3 is 15.0 Å². The van der Waals surface area contributed by atoms with Crippen molar-refractivity contribution in [3.05, 3.63) is 88.4 Å². The Bertz CT molecular complexity index is 1690. The number of aryl methyl sites for hydroxylation is 1. The minimum Gasteiger partial charge on any atom is -0.456 e. The number of nitrogens with two attached hydrogens (primary N) is 1. The molecule has 11 heteroatoms. The van der Waals surface area contributed by atoms with Crippen molar-refractivity contribution < 1.29 is 9.13 Å². The van der Waals surface area contributed by atoms with E-state index in [1.807, 2.05) is 0 Å². The van der Waals surface area contributed by atoms with Gasteiger partial charge in [0, 0.05) is 36.6 Å². The zero-order valence-corrected chi connectivity index (χ0v) is 18.4. The number of ether oxygens (including phenoxy) is 1. The summed E-state index contributed by atoms with van der Waals surface area (Å²) >= 11 is 0. The van der Waals surface area contributed by atoms with Crippen molar-refractivity contribution in [1.82, 2.24) is 29.1 Å². The first-order valence-electron chi connectivity index (χ1n) is 10.4. The van der Waals surface area contributed by atoms with Crippen LogP contribution in [0.5, 0.6) is 6.01 Å². The largest absolute Gasteiger partial charge is 0.456 e. The SMILES string of the molecule is Cn1cc(-c2c(-c3cccc(C#N)c3)nc(N)n3nc(OCc4ncccc4F)nc23)ccc1=O. The van der Waals surface area contributed by atoms with Gasteiger partial charge in [-0.3, -0.25) is 9.78 Å². The Balaban J connectivity index is 1.70. The Morgan fingerprint density at radius 2 is 2.00 bits per heavy atom. The Morgan fingerprint density at radius 1 is 1.14 bits per heavy atom. The number of fused-ring (bicyclic) bond motifs is 1. The second-order valence-corrected chi connectivity index (χ2v) is 7.60. The molecule has 0 saturated carbocycles. The van der Waals surface area contributed by atoms with Gasteiger partial charge in [-0.25, -0.2) is 9.37 Å². The van der Waals surface area contributed by atoms with Gasteiger partial charge >= 0.3 is 6.01 Å². The lowest BCUT2D eigenvalue weighted by Crippen LogP contribution is -2.14. The van der Waals surface area contributed by atoms with E-state index < -0.39 is 5.82 Å². The summed E-state index contributed by atoms with van der Waals surface area (Å²) in [7, 11) is 1.63. The summed E-state index contributed by atoms with van der Waals surface area (Å²) in [6.45, 7) is -0.191. The van der Waals surface area contributed by atoms with Gasteiger partial charge in [-0.1, -0.05) is 12.1 Å². The number of halogens is 1. The van der Waals surface area contributed by atoms with E-state index in [1.54, 1.807) is 43.6 Å². The molecule has 0 radical (unpaired) electrons. The molecule has 0 saturated heterocycles. The Morgan fingerprint density at radius 3 is 2.77 bits per heavy atom. The van der Waals surface area contributed by atoms with Crippen LogP contribution in [-0.4, -0.2) is 29.1 Å². The van der Waals surface area contributed by atoms with Gasteiger partial charge in [0.15, 0.2) is 5.65 Å². The molecule has 4 aromatic heterocycles. The highest BCUT2D eigenvalue weighted by Gasteiger charge is 2.21. The van der Waals surface area contributed by atoms with E-state index in [0.29, 0.717) is 33.6 Å². The second kappa shape index (κ2) is 8.68. The van der Waals surface area contributed by atoms with Crippen LogP contribution < -0.4 is 16.0 Å². The third kappa shape index (κ3) is 4.04. The maximum atomic E-state index is 14.0. The first-order chi connectivity index (χ1) is 16.9. The molecular formula is C24H17FN8O2. The maximum Gasteiger partial charge on any atom is 0.336 e. The summed E-state index contributed by atoms with van der Waals surface area (Å²) in [4.78, 5) is 25.0. The summed E-state index contributed by atoms with van der Waals surface area (Å²) in [5.74, 6) is -0.486. The van der Waals surface area contributed by atoms with E-state index in [1.165, 1.54) is 33.5 Å². The smallest absolute Gasteiger partial charge is 0.336 e. The van der Waals surface area contributed by atoms with E-state index in [4.69, 9.17) is 10.5 Å². The topological polar surface area (TPSA) is 137 Å². The predicted molar refractivity (Wildman–Crippen MR) is 125 cm³/mol. The molecule has 0 amide bonds. The Labute approximate surface area is 197 Å².